The molecule has 1 unspecified atom stereocenters. The standard InChI is InChI=1S/C17H24O2S/c1-4-6-7-9-16(18)17(8-5-2)20(19)15-12-10-14(3)11-13-15/h5,8,10-13,16,18H,2,4,6-7,9H2,1,3H3/b17-8+/t16-,20?/m1/s1. The van der Waals surface area contributed by atoms with Gasteiger partial charge in [-0.05, 0) is 31.6 Å². The maximum absolute atomic E-state index is 12.6. The van der Waals surface area contributed by atoms with Gasteiger partial charge in [-0.25, -0.2) is 4.21 Å². The highest BCUT2D eigenvalue weighted by Crippen LogP contribution is 2.21. The summed E-state index contributed by atoms with van der Waals surface area (Å²) in [6.45, 7) is 7.76. The van der Waals surface area contributed by atoms with E-state index >= 15 is 0 Å². The summed E-state index contributed by atoms with van der Waals surface area (Å²) in [5, 5.41) is 10.2. The first-order valence-electron chi connectivity index (χ1n) is 7.09. The van der Waals surface area contributed by atoms with Crippen molar-refractivity contribution < 1.29 is 9.32 Å². The van der Waals surface area contributed by atoms with Crippen molar-refractivity contribution >= 4 is 10.8 Å². The Morgan fingerprint density at radius 2 is 2.00 bits per heavy atom. The molecule has 2 nitrogen and oxygen atoms in total. The van der Waals surface area contributed by atoms with Gasteiger partial charge in [0.1, 0.15) is 0 Å². The van der Waals surface area contributed by atoms with Crippen LogP contribution in [-0.2, 0) is 10.8 Å². The quantitative estimate of drug-likeness (QED) is 0.578. The summed E-state index contributed by atoms with van der Waals surface area (Å²) in [6.07, 6.45) is 6.37. The molecule has 0 aliphatic rings. The summed E-state index contributed by atoms with van der Waals surface area (Å²) in [5.41, 5.74) is 1.13. The maximum Gasteiger partial charge on any atom is 0.0877 e. The minimum absolute atomic E-state index is 0.542. The van der Waals surface area contributed by atoms with E-state index < -0.39 is 16.9 Å². The number of aliphatic hydroxyl groups excluding tert-OH is 1. The average Bonchev–Trinajstić information content (AvgIpc) is 2.45. The predicted molar refractivity (Wildman–Crippen MR) is 86.0 cm³/mol. The molecule has 0 bridgehead atoms. The van der Waals surface area contributed by atoms with Crippen molar-refractivity contribution in [3.8, 4) is 0 Å². The number of unbranched alkanes of at least 4 members (excludes halogenated alkanes) is 2. The zero-order valence-electron chi connectivity index (χ0n) is 12.3. The first-order chi connectivity index (χ1) is 9.60. The van der Waals surface area contributed by atoms with Crippen LogP contribution in [0.4, 0.5) is 0 Å². The highest BCUT2D eigenvalue weighted by Gasteiger charge is 2.18. The lowest BCUT2D eigenvalue weighted by Gasteiger charge is -2.14. The Kier molecular flexibility index (Phi) is 7.48. The molecule has 0 aliphatic heterocycles. The predicted octanol–water partition coefficient (Wildman–Crippen LogP) is 4.11. The summed E-state index contributed by atoms with van der Waals surface area (Å²) in [6, 6.07) is 7.56. The van der Waals surface area contributed by atoms with E-state index in [1.807, 2.05) is 31.2 Å². The van der Waals surface area contributed by atoms with Crippen LogP contribution in [0.15, 0.2) is 52.8 Å². The van der Waals surface area contributed by atoms with Crippen LogP contribution in [-0.4, -0.2) is 15.4 Å². The van der Waals surface area contributed by atoms with Crippen LogP contribution in [0.5, 0.6) is 0 Å². The van der Waals surface area contributed by atoms with E-state index in [1.54, 1.807) is 12.2 Å². The van der Waals surface area contributed by atoms with Crippen molar-refractivity contribution in [3.63, 3.8) is 0 Å². The van der Waals surface area contributed by atoms with Gasteiger partial charge in [0.25, 0.3) is 0 Å². The van der Waals surface area contributed by atoms with E-state index in [2.05, 4.69) is 13.5 Å². The number of aliphatic hydroxyl groups is 1. The Balaban J connectivity index is 2.85. The van der Waals surface area contributed by atoms with Crippen molar-refractivity contribution in [2.24, 2.45) is 0 Å². The van der Waals surface area contributed by atoms with E-state index in [4.69, 9.17) is 0 Å². The normalized spacial score (nSPS) is 14.8. The van der Waals surface area contributed by atoms with Gasteiger partial charge in [0.15, 0.2) is 0 Å². The number of rotatable bonds is 8. The Labute approximate surface area is 124 Å². The van der Waals surface area contributed by atoms with Crippen molar-refractivity contribution in [2.45, 2.75) is 50.5 Å². The molecule has 1 aromatic rings. The van der Waals surface area contributed by atoms with Crippen LogP contribution in [0, 0.1) is 6.92 Å². The van der Waals surface area contributed by atoms with Gasteiger partial charge in [-0.2, -0.15) is 0 Å². The van der Waals surface area contributed by atoms with Crippen LogP contribution < -0.4 is 0 Å². The summed E-state index contributed by atoms with van der Waals surface area (Å²) < 4.78 is 12.6. The Morgan fingerprint density at radius 1 is 1.35 bits per heavy atom. The lowest BCUT2D eigenvalue weighted by molar-refractivity contribution is 0.204. The molecule has 1 aromatic carbocycles. The van der Waals surface area contributed by atoms with Crippen LogP contribution in [0.25, 0.3) is 0 Å². The topological polar surface area (TPSA) is 37.3 Å². The van der Waals surface area contributed by atoms with Gasteiger partial charge in [-0.15, -0.1) is 0 Å². The van der Waals surface area contributed by atoms with E-state index in [1.165, 1.54) is 0 Å². The molecule has 0 saturated heterocycles. The molecule has 0 saturated carbocycles. The van der Waals surface area contributed by atoms with Crippen LogP contribution in [0.3, 0.4) is 0 Å². The Morgan fingerprint density at radius 3 is 2.55 bits per heavy atom. The molecule has 1 rings (SSSR count). The average molecular weight is 292 g/mol. The van der Waals surface area contributed by atoms with Crippen LogP contribution in [0.1, 0.15) is 38.2 Å². The van der Waals surface area contributed by atoms with Crippen LogP contribution >= 0.6 is 0 Å². The Hall–Kier alpha value is -1.19. The zero-order valence-corrected chi connectivity index (χ0v) is 13.2. The highest BCUT2D eigenvalue weighted by molar-refractivity contribution is 7.89. The van der Waals surface area contributed by atoms with Crippen molar-refractivity contribution in [1.82, 2.24) is 0 Å². The molecule has 0 spiro atoms. The fourth-order valence-corrected chi connectivity index (χ4v) is 3.18. The minimum Gasteiger partial charge on any atom is -0.388 e. The van der Waals surface area contributed by atoms with Crippen LogP contribution in [0.2, 0.25) is 0 Å². The van der Waals surface area contributed by atoms with Crippen molar-refractivity contribution in [3.05, 3.63) is 53.5 Å². The van der Waals surface area contributed by atoms with Gasteiger partial charge in [0.05, 0.1) is 16.9 Å². The molecule has 3 heteroatoms. The number of allylic oxidation sites excluding steroid dienone is 2. The van der Waals surface area contributed by atoms with Gasteiger partial charge in [-0.3, -0.25) is 0 Å². The lowest BCUT2D eigenvalue weighted by Crippen LogP contribution is -2.14. The molecule has 0 amide bonds. The molecule has 2 atom stereocenters. The fraction of sp³-hybridized carbons (Fsp3) is 0.412. The summed E-state index contributed by atoms with van der Waals surface area (Å²) in [5.74, 6) is 0. The van der Waals surface area contributed by atoms with E-state index in [9.17, 15) is 9.32 Å². The van der Waals surface area contributed by atoms with Gasteiger partial charge in [0, 0.05) is 9.80 Å². The molecular weight excluding hydrogens is 268 g/mol. The fourth-order valence-electron chi connectivity index (χ4n) is 1.94. The second kappa shape index (κ2) is 8.88. The molecule has 0 heterocycles. The minimum atomic E-state index is -1.32. The Bertz CT molecular complexity index is 474. The second-order valence-corrected chi connectivity index (χ2v) is 6.38. The summed E-state index contributed by atoms with van der Waals surface area (Å²) in [7, 11) is -1.32. The van der Waals surface area contributed by atoms with Gasteiger partial charge < -0.3 is 5.11 Å². The largest absolute Gasteiger partial charge is 0.388 e. The maximum atomic E-state index is 12.6. The third kappa shape index (κ3) is 5.06. The molecule has 0 radical (unpaired) electrons. The van der Waals surface area contributed by atoms with Crippen molar-refractivity contribution in [1.29, 1.82) is 0 Å². The van der Waals surface area contributed by atoms with Gasteiger partial charge >= 0.3 is 0 Å². The van der Waals surface area contributed by atoms with Crippen molar-refractivity contribution in [2.75, 3.05) is 0 Å². The molecule has 0 aliphatic carbocycles. The SMILES string of the molecule is C=C/C=C(\[C@H](O)CCCCC)S(=O)c1ccc(C)cc1. The molecule has 0 fully saturated rings. The van der Waals surface area contributed by atoms with E-state index in [0.717, 1.165) is 29.7 Å². The smallest absolute Gasteiger partial charge is 0.0877 e. The van der Waals surface area contributed by atoms with Gasteiger partial charge in [0.2, 0.25) is 0 Å². The number of hydrogen-bond acceptors (Lipinski definition) is 2. The number of aryl methyl sites for hydroxylation is 1. The summed E-state index contributed by atoms with van der Waals surface area (Å²) in [4.78, 5) is 1.26. The zero-order chi connectivity index (χ0) is 15.0. The second-order valence-electron chi connectivity index (χ2n) is 4.90. The molecule has 110 valence electrons. The lowest BCUT2D eigenvalue weighted by atomic mass is 10.1. The van der Waals surface area contributed by atoms with E-state index in [0.29, 0.717) is 11.3 Å². The molecular formula is C17H24O2S. The first-order valence-corrected chi connectivity index (χ1v) is 8.24. The first kappa shape index (κ1) is 16.9. The summed E-state index contributed by atoms with van der Waals surface area (Å²) >= 11 is 0. The van der Waals surface area contributed by atoms with Gasteiger partial charge in [-0.1, -0.05) is 56.5 Å². The van der Waals surface area contributed by atoms with E-state index in [-0.39, 0.29) is 0 Å². The monoisotopic (exact) mass is 292 g/mol. The number of benzene rings is 1. The third-order valence-electron chi connectivity index (χ3n) is 3.14. The molecule has 20 heavy (non-hydrogen) atoms. The molecule has 1 N–H and O–H groups in total. The highest BCUT2D eigenvalue weighted by atomic mass is 32.2. The molecule has 0 aromatic heterocycles. The third-order valence-corrected chi connectivity index (χ3v) is 4.68. The number of hydrogen-bond donors (Lipinski definition) is 1.